The maximum absolute atomic E-state index is 12.2. The maximum atomic E-state index is 12.2. The van der Waals surface area contributed by atoms with Gasteiger partial charge in [0.2, 0.25) is 0 Å². The van der Waals surface area contributed by atoms with E-state index in [2.05, 4.69) is 0 Å². The fourth-order valence-corrected chi connectivity index (χ4v) is 3.89. The molecule has 2 aromatic carbocycles. The predicted molar refractivity (Wildman–Crippen MR) is 98.8 cm³/mol. The fraction of sp³-hybridized carbons (Fsp3) is 0.278. The highest BCUT2D eigenvalue weighted by molar-refractivity contribution is 8.13. The fourth-order valence-electron chi connectivity index (χ4n) is 2.91. The Bertz CT molecular complexity index is 909. The normalized spacial score (nSPS) is 14.3. The Morgan fingerprint density at radius 2 is 1.77 bits per heavy atom. The maximum Gasteiger partial charge on any atom is 0.337 e. The minimum Gasteiger partial charge on any atom is -0.465 e. The van der Waals surface area contributed by atoms with Crippen molar-refractivity contribution in [1.82, 2.24) is 0 Å². The third-order valence-electron chi connectivity index (χ3n) is 4.13. The molecule has 1 heterocycles. The van der Waals surface area contributed by atoms with Crippen LogP contribution in [0.15, 0.2) is 47.4 Å². The molecule has 1 aliphatic rings. The van der Waals surface area contributed by atoms with E-state index in [0.717, 1.165) is 25.9 Å². The molecule has 26 heavy (non-hydrogen) atoms. The minimum atomic E-state index is -4.16. The van der Waals surface area contributed by atoms with E-state index in [1.54, 1.807) is 30.3 Å². The average molecular weight is 396 g/mol. The van der Waals surface area contributed by atoms with Crippen LogP contribution in [0.2, 0.25) is 0 Å². The monoisotopic (exact) mass is 395 g/mol. The second-order valence-electron chi connectivity index (χ2n) is 5.86. The lowest BCUT2D eigenvalue weighted by Crippen LogP contribution is -2.20. The van der Waals surface area contributed by atoms with Gasteiger partial charge < -0.3 is 14.4 Å². The third kappa shape index (κ3) is 3.94. The van der Waals surface area contributed by atoms with Crippen LogP contribution >= 0.6 is 10.7 Å². The standard InChI is InChI=1S/C18H18ClNO5S/c1-24-18(21)13-11-15(20-9-5-6-10-20)17(16(12-13)26(19,22)23)25-14-7-3-2-4-8-14/h2-4,7-8,11-12H,5-6,9-10H2,1H3. The second kappa shape index (κ2) is 7.55. The van der Waals surface area contributed by atoms with Gasteiger partial charge in [0.15, 0.2) is 5.75 Å². The zero-order chi connectivity index (χ0) is 18.7. The van der Waals surface area contributed by atoms with Crippen molar-refractivity contribution in [3.8, 4) is 11.5 Å². The summed E-state index contributed by atoms with van der Waals surface area (Å²) in [5.74, 6) is -0.0561. The summed E-state index contributed by atoms with van der Waals surface area (Å²) in [7, 11) is 2.73. The number of carbonyl (C=O) groups excluding carboxylic acids is 1. The highest BCUT2D eigenvalue weighted by atomic mass is 35.7. The smallest absolute Gasteiger partial charge is 0.337 e. The van der Waals surface area contributed by atoms with Gasteiger partial charge in [-0.25, -0.2) is 13.2 Å². The van der Waals surface area contributed by atoms with Crippen LogP contribution in [0.25, 0.3) is 0 Å². The van der Waals surface area contributed by atoms with E-state index in [1.807, 2.05) is 11.0 Å². The van der Waals surface area contributed by atoms with Crippen LogP contribution in [0.3, 0.4) is 0 Å². The lowest BCUT2D eigenvalue weighted by molar-refractivity contribution is 0.0600. The number of para-hydroxylation sites is 1. The molecule has 8 heteroatoms. The Balaban J connectivity index is 2.21. The molecule has 0 saturated carbocycles. The van der Waals surface area contributed by atoms with E-state index in [0.29, 0.717) is 11.4 Å². The Labute approximate surface area is 156 Å². The van der Waals surface area contributed by atoms with Gasteiger partial charge in [-0.3, -0.25) is 0 Å². The van der Waals surface area contributed by atoms with Crippen molar-refractivity contribution in [3.05, 3.63) is 48.0 Å². The Kier molecular flexibility index (Phi) is 5.38. The van der Waals surface area contributed by atoms with E-state index in [1.165, 1.54) is 13.2 Å². The van der Waals surface area contributed by atoms with Crippen molar-refractivity contribution in [2.24, 2.45) is 0 Å². The summed E-state index contributed by atoms with van der Waals surface area (Å²) in [4.78, 5) is 13.7. The first-order valence-corrected chi connectivity index (χ1v) is 10.4. The molecule has 0 aliphatic carbocycles. The largest absolute Gasteiger partial charge is 0.465 e. The Morgan fingerprint density at radius 3 is 2.35 bits per heavy atom. The SMILES string of the molecule is COC(=O)c1cc(N2CCCC2)c(Oc2ccccc2)c(S(=O)(=O)Cl)c1. The number of hydrogen-bond acceptors (Lipinski definition) is 6. The number of anilines is 1. The lowest BCUT2D eigenvalue weighted by Gasteiger charge is -2.23. The van der Waals surface area contributed by atoms with Crippen molar-refractivity contribution in [3.63, 3.8) is 0 Å². The van der Waals surface area contributed by atoms with Crippen LogP contribution in [-0.2, 0) is 13.8 Å². The molecule has 0 unspecified atom stereocenters. The zero-order valence-corrected chi connectivity index (χ0v) is 15.7. The molecular weight excluding hydrogens is 378 g/mol. The number of ether oxygens (including phenoxy) is 2. The van der Waals surface area contributed by atoms with Crippen LogP contribution in [0.5, 0.6) is 11.5 Å². The summed E-state index contributed by atoms with van der Waals surface area (Å²) in [6.07, 6.45) is 1.94. The van der Waals surface area contributed by atoms with Crippen LogP contribution < -0.4 is 9.64 Å². The van der Waals surface area contributed by atoms with Crippen LogP contribution in [-0.4, -0.2) is 34.6 Å². The van der Waals surface area contributed by atoms with Gasteiger partial charge in [-0.05, 0) is 37.1 Å². The molecular formula is C18H18ClNO5S. The van der Waals surface area contributed by atoms with E-state index >= 15 is 0 Å². The van der Waals surface area contributed by atoms with Gasteiger partial charge in [-0.2, -0.15) is 0 Å². The molecule has 0 spiro atoms. The van der Waals surface area contributed by atoms with E-state index in [4.69, 9.17) is 20.2 Å². The number of halogens is 1. The van der Waals surface area contributed by atoms with E-state index in [9.17, 15) is 13.2 Å². The van der Waals surface area contributed by atoms with Gasteiger partial charge in [-0.1, -0.05) is 18.2 Å². The molecule has 2 aromatic rings. The number of esters is 1. The minimum absolute atomic E-state index is 0.106. The molecule has 138 valence electrons. The molecule has 1 saturated heterocycles. The highest BCUT2D eigenvalue weighted by Crippen LogP contribution is 2.42. The Hall–Kier alpha value is -2.25. The van der Waals surface area contributed by atoms with Crippen molar-refractivity contribution in [2.75, 3.05) is 25.1 Å². The second-order valence-corrected chi connectivity index (χ2v) is 8.40. The number of carbonyl (C=O) groups is 1. The Morgan fingerprint density at radius 1 is 1.12 bits per heavy atom. The lowest BCUT2D eigenvalue weighted by atomic mass is 10.1. The van der Waals surface area contributed by atoms with Crippen LogP contribution in [0, 0.1) is 0 Å². The number of methoxy groups -OCH3 is 1. The molecule has 1 aliphatic heterocycles. The first kappa shape index (κ1) is 18.5. The predicted octanol–water partition coefficient (Wildman–Crippen LogP) is 3.79. The van der Waals surface area contributed by atoms with Gasteiger partial charge in [0.05, 0.1) is 18.4 Å². The summed E-state index contributed by atoms with van der Waals surface area (Å²) in [6, 6.07) is 11.6. The van der Waals surface area contributed by atoms with Gasteiger partial charge in [0.25, 0.3) is 9.05 Å². The number of rotatable bonds is 5. The summed E-state index contributed by atoms with van der Waals surface area (Å²) >= 11 is 0. The van der Waals surface area contributed by atoms with Crippen LogP contribution in [0.4, 0.5) is 5.69 Å². The number of nitrogens with zero attached hydrogens (tertiary/aromatic N) is 1. The van der Waals surface area contributed by atoms with E-state index < -0.39 is 15.0 Å². The van der Waals surface area contributed by atoms with Gasteiger partial charge in [-0.15, -0.1) is 0 Å². The summed E-state index contributed by atoms with van der Waals surface area (Å²) < 4.78 is 35.0. The summed E-state index contributed by atoms with van der Waals surface area (Å²) in [6.45, 7) is 1.47. The zero-order valence-electron chi connectivity index (χ0n) is 14.1. The molecule has 1 fully saturated rings. The van der Waals surface area contributed by atoms with Crippen molar-refractivity contribution >= 4 is 31.4 Å². The molecule has 0 amide bonds. The van der Waals surface area contributed by atoms with Gasteiger partial charge in [0, 0.05) is 23.8 Å². The van der Waals surface area contributed by atoms with Crippen molar-refractivity contribution in [1.29, 1.82) is 0 Å². The summed E-state index contributed by atoms with van der Waals surface area (Å²) in [5, 5.41) is 0. The molecule has 6 nitrogen and oxygen atoms in total. The van der Waals surface area contributed by atoms with Crippen molar-refractivity contribution in [2.45, 2.75) is 17.7 Å². The first-order valence-electron chi connectivity index (χ1n) is 8.09. The van der Waals surface area contributed by atoms with Gasteiger partial charge in [0.1, 0.15) is 10.6 Å². The number of benzene rings is 2. The molecule has 0 atom stereocenters. The average Bonchev–Trinajstić information content (AvgIpc) is 3.15. The summed E-state index contributed by atoms with van der Waals surface area (Å²) in [5.41, 5.74) is 0.613. The van der Waals surface area contributed by atoms with E-state index in [-0.39, 0.29) is 16.2 Å². The molecule has 0 aromatic heterocycles. The molecule has 0 radical (unpaired) electrons. The van der Waals surface area contributed by atoms with Gasteiger partial charge >= 0.3 is 5.97 Å². The van der Waals surface area contributed by atoms with Crippen LogP contribution in [0.1, 0.15) is 23.2 Å². The number of hydrogen-bond donors (Lipinski definition) is 0. The quantitative estimate of drug-likeness (QED) is 0.566. The topological polar surface area (TPSA) is 72.9 Å². The highest BCUT2D eigenvalue weighted by Gasteiger charge is 2.28. The molecule has 0 N–H and O–H groups in total. The first-order chi connectivity index (χ1) is 12.4. The molecule has 3 rings (SSSR count). The third-order valence-corrected chi connectivity index (χ3v) is 5.46. The molecule has 0 bridgehead atoms. The van der Waals surface area contributed by atoms with Crippen molar-refractivity contribution < 1.29 is 22.7 Å².